The molecule has 142 valence electrons. The molecule has 0 spiro atoms. The summed E-state index contributed by atoms with van der Waals surface area (Å²) in [6.45, 7) is 2.19. The predicted molar refractivity (Wildman–Crippen MR) is 123 cm³/mol. The van der Waals surface area contributed by atoms with Gasteiger partial charge < -0.3 is 4.42 Å². The molecule has 3 heterocycles. The number of hydrogen-bond donors (Lipinski definition) is 0. The third kappa shape index (κ3) is 1.92. The third-order valence-corrected chi connectivity index (χ3v) is 6.50. The van der Waals surface area contributed by atoms with E-state index in [1.807, 2.05) is 0 Å². The van der Waals surface area contributed by atoms with Gasteiger partial charge in [-0.1, -0.05) is 42.5 Å². The molecular formula is C27H19N2O+. The Balaban J connectivity index is 1.75. The topological polar surface area (TPSA) is 21.4 Å². The number of pyridine rings is 1. The van der Waals surface area contributed by atoms with Crippen molar-refractivity contribution < 1.29 is 8.98 Å². The summed E-state index contributed by atoms with van der Waals surface area (Å²) in [4.78, 5) is 0. The molecule has 3 heteroatoms. The monoisotopic (exact) mass is 387 g/mol. The van der Waals surface area contributed by atoms with Crippen molar-refractivity contribution in [2.75, 3.05) is 0 Å². The number of benzene rings is 4. The standard InChI is InChI=1S/C27H19N2O/c1-16-6-5-9-19-20-14-22-21-12-17-7-3-4-8-18(17)13-24(21)30-25(22)15-23(20)29-11-10-28(2)27(29)26(16)19/h3-15H,1-2H3/q+1. The maximum absolute atomic E-state index is 6.34. The highest BCUT2D eigenvalue weighted by atomic mass is 16.3. The minimum absolute atomic E-state index is 0.928. The maximum Gasteiger partial charge on any atom is 0.294 e. The molecule has 30 heavy (non-hydrogen) atoms. The van der Waals surface area contributed by atoms with E-state index in [0.717, 1.165) is 11.2 Å². The Morgan fingerprint density at radius 3 is 2.40 bits per heavy atom. The number of nitrogens with zero attached hydrogens (tertiary/aromatic N) is 2. The zero-order valence-electron chi connectivity index (χ0n) is 16.8. The molecule has 0 atom stereocenters. The lowest BCUT2D eigenvalue weighted by Crippen LogP contribution is -2.26. The molecule has 7 rings (SSSR count). The molecule has 0 amide bonds. The summed E-state index contributed by atoms with van der Waals surface area (Å²) >= 11 is 0. The maximum atomic E-state index is 6.34. The zero-order valence-corrected chi connectivity index (χ0v) is 16.8. The van der Waals surface area contributed by atoms with Crippen LogP contribution in [0.5, 0.6) is 0 Å². The van der Waals surface area contributed by atoms with Gasteiger partial charge in [0.1, 0.15) is 29.1 Å². The SMILES string of the molecule is Cc1cccc2c3cc4c(cc3n3cc[n+](C)c3c12)oc1cc2ccccc2cc14. The molecular weight excluding hydrogens is 368 g/mol. The quantitative estimate of drug-likeness (QED) is 0.217. The van der Waals surface area contributed by atoms with Gasteiger partial charge in [-0.3, -0.25) is 0 Å². The molecule has 0 bridgehead atoms. The number of aryl methyl sites for hydroxylation is 2. The normalized spacial score (nSPS) is 12.3. The number of imidazole rings is 1. The first-order valence-electron chi connectivity index (χ1n) is 10.3. The van der Waals surface area contributed by atoms with Gasteiger partial charge in [0.05, 0.1) is 12.4 Å². The second-order valence-corrected chi connectivity index (χ2v) is 8.26. The zero-order chi connectivity index (χ0) is 20.0. The van der Waals surface area contributed by atoms with Crippen LogP contribution in [-0.4, -0.2) is 4.40 Å². The lowest BCUT2D eigenvalue weighted by molar-refractivity contribution is -0.643. The van der Waals surface area contributed by atoms with Crippen LogP contribution in [0.2, 0.25) is 0 Å². The summed E-state index contributed by atoms with van der Waals surface area (Å²) in [6, 6.07) is 24.0. The van der Waals surface area contributed by atoms with Crippen LogP contribution in [0.3, 0.4) is 0 Å². The molecule has 7 aromatic rings. The van der Waals surface area contributed by atoms with E-state index < -0.39 is 0 Å². The second-order valence-electron chi connectivity index (χ2n) is 8.26. The Morgan fingerprint density at radius 1 is 0.767 bits per heavy atom. The summed E-state index contributed by atoms with van der Waals surface area (Å²) in [5.74, 6) is 0. The highest BCUT2D eigenvalue weighted by Gasteiger charge is 2.20. The van der Waals surface area contributed by atoms with Crippen molar-refractivity contribution >= 4 is 60.0 Å². The first kappa shape index (κ1) is 16.0. The molecule has 0 saturated heterocycles. The summed E-state index contributed by atoms with van der Waals surface area (Å²) in [6.07, 6.45) is 4.27. The van der Waals surface area contributed by atoms with E-state index in [4.69, 9.17) is 4.42 Å². The summed E-state index contributed by atoms with van der Waals surface area (Å²) < 4.78 is 10.8. The van der Waals surface area contributed by atoms with Crippen LogP contribution in [0.25, 0.3) is 60.0 Å². The minimum Gasteiger partial charge on any atom is -0.456 e. The van der Waals surface area contributed by atoms with Crippen molar-refractivity contribution in [1.82, 2.24) is 4.40 Å². The Bertz CT molecular complexity index is 1820. The van der Waals surface area contributed by atoms with Crippen LogP contribution in [0.1, 0.15) is 5.56 Å². The predicted octanol–water partition coefficient (Wildman–Crippen LogP) is 6.43. The van der Waals surface area contributed by atoms with E-state index in [1.54, 1.807) is 0 Å². The second kappa shape index (κ2) is 5.39. The van der Waals surface area contributed by atoms with Crippen molar-refractivity contribution in [3.8, 4) is 0 Å². The smallest absolute Gasteiger partial charge is 0.294 e. The number of aromatic nitrogens is 2. The third-order valence-electron chi connectivity index (χ3n) is 6.50. The van der Waals surface area contributed by atoms with E-state index in [0.29, 0.717) is 0 Å². The van der Waals surface area contributed by atoms with Crippen LogP contribution >= 0.6 is 0 Å². The fourth-order valence-corrected chi connectivity index (χ4v) is 5.07. The van der Waals surface area contributed by atoms with Crippen molar-refractivity contribution in [1.29, 1.82) is 0 Å². The lowest BCUT2D eigenvalue weighted by atomic mass is 10.00. The first-order valence-corrected chi connectivity index (χ1v) is 10.3. The molecule has 3 nitrogen and oxygen atoms in total. The van der Waals surface area contributed by atoms with Gasteiger partial charge in [0, 0.05) is 27.6 Å². The number of hydrogen-bond acceptors (Lipinski definition) is 1. The summed E-state index contributed by atoms with van der Waals surface area (Å²) in [7, 11) is 2.11. The molecule has 0 N–H and O–H groups in total. The van der Waals surface area contributed by atoms with E-state index in [2.05, 4.69) is 102 Å². The minimum atomic E-state index is 0.928. The van der Waals surface area contributed by atoms with Crippen LogP contribution in [-0.2, 0) is 7.05 Å². The van der Waals surface area contributed by atoms with Crippen molar-refractivity contribution in [2.45, 2.75) is 6.92 Å². The first-order chi connectivity index (χ1) is 14.7. The molecule has 0 aliphatic heterocycles. The Kier molecular flexibility index (Phi) is 2.88. The van der Waals surface area contributed by atoms with Gasteiger partial charge in [0.2, 0.25) is 0 Å². The van der Waals surface area contributed by atoms with Gasteiger partial charge in [-0.25, -0.2) is 4.57 Å². The molecule has 3 aromatic heterocycles. The Labute approximate surface area is 172 Å². The van der Waals surface area contributed by atoms with Gasteiger partial charge in [0.15, 0.2) is 0 Å². The molecule has 0 aliphatic carbocycles. The fourth-order valence-electron chi connectivity index (χ4n) is 5.07. The Hall–Kier alpha value is -3.85. The lowest BCUT2D eigenvalue weighted by Gasteiger charge is -2.07. The van der Waals surface area contributed by atoms with Crippen LogP contribution in [0.15, 0.2) is 83.5 Å². The van der Waals surface area contributed by atoms with Gasteiger partial charge >= 0.3 is 0 Å². The fraction of sp³-hybridized carbons (Fsp3) is 0.0741. The van der Waals surface area contributed by atoms with E-state index in [9.17, 15) is 0 Å². The van der Waals surface area contributed by atoms with E-state index >= 15 is 0 Å². The van der Waals surface area contributed by atoms with Crippen molar-refractivity contribution in [2.24, 2.45) is 7.05 Å². The van der Waals surface area contributed by atoms with E-state index in [1.165, 1.54) is 54.4 Å². The van der Waals surface area contributed by atoms with Crippen molar-refractivity contribution in [3.05, 3.63) is 84.7 Å². The molecule has 0 aliphatic rings. The van der Waals surface area contributed by atoms with E-state index in [-0.39, 0.29) is 0 Å². The van der Waals surface area contributed by atoms with Gasteiger partial charge in [-0.05, 0) is 41.5 Å². The van der Waals surface area contributed by atoms with Crippen LogP contribution in [0, 0.1) is 6.92 Å². The van der Waals surface area contributed by atoms with Gasteiger partial charge in [0.25, 0.3) is 5.65 Å². The molecule has 0 radical (unpaired) electrons. The molecule has 0 unspecified atom stereocenters. The van der Waals surface area contributed by atoms with Crippen molar-refractivity contribution in [3.63, 3.8) is 0 Å². The average molecular weight is 387 g/mol. The van der Waals surface area contributed by atoms with Crippen LogP contribution in [0.4, 0.5) is 0 Å². The average Bonchev–Trinajstić information content (AvgIpc) is 3.31. The van der Waals surface area contributed by atoms with Crippen LogP contribution < -0.4 is 4.57 Å². The summed E-state index contributed by atoms with van der Waals surface area (Å²) in [5, 5.41) is 8.61. The molecule has 0 saturated carbocycles. The Morgan fingerprint density at radius 2 is 1.53 bits per heavy atom. The van der Waals surface area contributed by atoms with Gasteiger partial charge in [-0.15, -0.1) is 0 Å². The number of furan rings is 1. The largest absolute Gasteiger partial charge is 0.456 e. The molecule has 4 aromatic carbocycles. The molecule has 0 fully saturated rings. The number of fused-ring (bicyclic) bond motifs is 10. The van der Waals surface area contributed by atoms with Gasteiger partial charge in [-0.2, -0.15) is 4.40 Å². The summed E-state index contributed by atoms with van der Waals surface area (Å²) in [5.41, 5.74) is 5.53. The highest BCUT2D eigenvalue weighted by Crippen LogP contribution is 2.38. The number of rotatable bonds is 0. The highest BCUT2D eigenvalue weighted by molar-refractivity contribution is 6.19.